The molecular formula is C18H18ClN3O4. The third-order valence-corrected chi connectivity index (χ3v) is 3.66. The van der Waals surface area contributed by atoms with Crippen molar-refractivity contribution in [3.8, 4) is 5.75 Å². The van der Waals surface area contributed by atoms with Crippen molar-refractivity contribution in [2.24, 2.45) is 5.10 Å². The molecule has 0 heterocycles. The van der Waals surface area contributed by atoms with Crippen molar-refractivity contribution in [3.63, 3.8) is 0 Å². The first-order valence-corrected chi connectivity index (χ1v) is 8.37. The minimum atomic E-state index is -0.705. The number of nitro groups is 1. The number of carbonyl (C=O) groups excluding carboxylic acids is 1. The van der Waals surface area contributed by atoms with Gasteiger partial charge in [0.25, 0.3) is 11.6 Å². The van der Waals surface area contributed by atoms with Gasteiger partial charge in [0.05, 0.1) is 11.1 Å². The molecule has 0 aliphatic heterocycles. The van der Waals surface area contributed by atoms with Crippen molar-refractivity contribution in [2.75, 3.05) is 0 Å². The van der Waals surface area contributed by atoms with Crippen LogP contribution in [0.1, 0.15) is 25.3 Å². The maximum Gasteiger partial charge on any atom is 0.281 e. The highest BCUT2D eigenvalue weighted by Crippen LogP contribution is 2.18. The van der Waals surface area contributed by atoms with Gasteiger partial charge < -0.3 is 4.74 Å². The van der Waals surface area contributed by atoms with Gasteiger partial charge >= 0.3 is 0 Å². The van der Waals surface area contributed by atoms with Crippen molar-refractivity contribution in [3.05, 3.63) is 69.2 Å². The fraction of sp³-hybridized carbons (Fsp3) is 0.222. The number of benzene rings is 2. The van der Waals surface area contributed by atoms with Crippen LogP contribution in [0.15, 0.2) is 53.6 Å². The van der Waals surface area contributed by atoms with E-state index in [-0.39, 0.29) is 5.69 Å². The molecule has 8 heteroatoms. The molecule has 0 bridgehead atoms. The first-order chi connectivity index (χ1) is 12.5. The van der Waals surface area contributed by atoms with Crippen LogP contribution in [-0.2, 0) is 4.79 Å². The topological polar surface area (TPSA) is 93.8 Å². The van der Waals surface area contributed by atoms with Gasteiger partial charge in [-0.1, -0.05) is 37.1 Å². The third kappa shape index (κ3) is 5.86. The van der Waals surface area contributed by atoms with Gasteiger partial charge in [0.1, 0.15) is 5.75 Å². The molecule has 1 amide bonds. The maximum atomic E-state index is 12.3. The Hall–Kier alpha value is -2.93. The first kappa shape index (κ1) is 19.4. The number of carbonyl (C=O) groups is 1. The lowest BCUT2D eigenvalue weighted by Crippen LogP contribution is -2.35. The second-order valence-electron chi connectivity index (χ2n) is 5.44. The summed E-state index contributed by atoms with van der Waals surface area (Å²) in [5, 5.41) is 15.2. The summed E-state index contributed by atoms with van der Waals surface area (Å²) in [4.78, 5) is 22.6. The van der Waals surface area contributed by atoms with E-state index in [0.717, 1.165) is 6.42 Å². The van der Waals surface area contributed by atoms with E-state index in [1.54, 1.807) is 36.4 Å². The number of nitrogens with one attached hydrogen (secondary N) is 1. The number of non-ortho nitro benzene ring substituents is 1. The molecule has 1 atom stereocenters. The zero-order valence-corrected chi connectivity index (χ0v) is 14.8. The lowest BCUT2D eigenvalue weighted by Gasteiger charge is -2.16. The Balaban J connectivity index is 1.99. The number of rotatable bonds is 8. The average molecular weight is 376 g/mol. The van der Waals surface area contributed by atoms with E-state index in [0.29, 0.717) is 22.8 Å². The van der Waals surface area contributed by atoms with E-state index in [9.17, 15) is 14.9 Å². The summed E-state index contributed by atoms with van der Waals surface area (Å²) >= 11 is 5.83. The molecule has 0 aliphatic rings. The molecule has 2 rings (SSSR count). The summed E-state index contributed by atoms with van der Waals surface area (Å²) in [5.41, 5.74) is 2.86. The van der Waals surface area contributed by atoms with Crippen LogP contribution in [0, 0.1) is 10.1 Å². The monoisotopic (exact) mass is 375 g/mol. The number of nitrogens with zero attached hydrogens (tertiary/aromatic N) is 2. The van der Waals surface area contributed by atoms with Gasteiger partial charge in [0.15, 0.2) is 6.10 Å². The highest BCUT2D eigenvalue weighted by molar-refractivity contribution is 6.30. The number of amides is 1. The van der Waals surface area contributed by atoms with Gasteiger partial charge in [-0.15, -0.1) is 0 Å². The van der Waals surface area contributed by atoms with E-state index in [2.05, 4.69) is 10.5 Å². The quantitative estimate of drug-likeness (QED) is 0.429. The Morgan fingerprint density at radius 1 is 1.35 bits per heavy atom. The SMILES string of the molecule is CCC[C@H](Oc1ccc(Cl)cc1)C(=O)NN=Cc1cccc([N+](=O)[O-])c1. The predicted molar refractivity (Wildman–Crippen MR) is 99.6 cm³/mol. The van der Waals surface area contributed by atoms with Gasteiger partial charge in [0.2, 0.25) is 0 Å². The molecule has 26 heavy (non-hydrogen) atoms. The van der Waals surface area contributed by atoms with Crippen LogP contribution in [0.3, 0.4) is 0 Å². The molecule has 2 aromatic rings. The van der Waals surface area contributed by atoms with Gasteiger partial charge in [-0.25, -0.2) is 5.43 Å². The van der Waals surface area contributed by atoms with Crippen molar-refractivity contribution in [1.82, 2.24) is 5.43 Å². The van der Waals surface area contributed by atoms with Crippen LogP contribution in [0.25, 0.3) is 0 Å². The number of halogens is 1. The predicted octanol–water partition coefficient (Wildman–Crippen LogP) is 3.95. The zero-order valence-electron chi connectivity index (χ0n) is 14.1. The minimum Gasteiger partial charge on any atom is -0.481 e. The molecule has 0 saturated heterocycles. The molecule has 0 aliphatic carbocycles. The van der Waals surface area contributed by atoms with Crippen molar-refractivity contribution >= 4 is 29.4 Å². The molecule has 2 aromatic carbocycles. The van der Waals surface area contributed by atoms with Crippen LogP contribution in [0.4, 0.5) is 5.69 Å². The summed E-state index contributed by atoms with van der Waals surface area (Å²) in [6.45, 7) is 1.94. The Kier molecular flexibility index (Phi) is 7.11. The number of hydrogen-bond donors (Lipinski definition) is 1. The van der Waals surface area contributed by atoms with Crippen molar-refractivity contribution < 1.29 is 14.5 Å². The molecule has 0 fully saturated rings. The van der Waals surface area contributed by atoms with E-state index < -0.39 is 16.9 Å². The number of hydrogen-bond acceptors (Lipinski definition) is 5. The number of ether oxygens (including phenoxy) is 1. The Bertz CT molecular complexity index is 793. The fourth-order valence-corrected chi connectivity index (χ4v) is 2.27. The average Bonchev–Trinajstić information content (AvgIpc) is 2.63. The summed E-state index contributed by atoms with van der Waals surface area (Å²) in [6.07, 6.45) is 1.90. The zero-order chi connectivity index (χ0) is 18.9. The lowest BCUT2D eigenvalue weighted by molar-refractivity contribution is -0.384. The van der Waals surface area contributed by atoms with Crippen molar-refractivity contribution in [1.29, 1.82) is 0 Å². The van der Waals surface area contributed by atoms with Crippen molar-refractivity contribution in [2.45, 2.75) is 25.9 Å². The molecule has 0 aromatic heterocycles. The Morgan fingerprint density at radius 2 is 2.08 bits per heavy atom. The summed E-state index contributed by atoms with van der Waals surface area (Å²) < 4.78 is 5.69. The standard InChI is InChI=1S/C18H18ClN3O4/c1-2-4-17(26-16-9-7-14(19)8-10-16)18(23)21-20-12-13-5-3-6-15(11-13)22(24)25/h3,5-12,17H,2,4H2,1H3,(H,21,23)/t17-/m0/s1. The Labute approximate surface area is 155 Å². The van der Waals surface area contributed by atoms with E-state index in [1.807, 2.05) is 6.92 Å². The van der Waals surface area contributed by atoms with Crippen LogP contribution >= 0.6 is 11.6 Å². The van der Waals surface area contributed by atoms with Gasteiger partial charge in [0, 0.05) is 22.7 Å². The Morgan fingerprint density at radius 3 is 2.73 bits per heavy atom. The highest BCUT2D eigenvalue weighted by Gasteiger charge is 2.19. The van der Waals surface area contributed by atoms with E-state index in [4.69, 9.17) is 16.3 Å². The first-order valence-electron chi connectivity index (χ1n) is 7.99. The molecule has 0 radical (unpaired) electrons. The largest absolute Gasteiger partial charge is 0.481 e. The minimum absolute atomic E-state index is 0.0461. The smallest absolute Gasteiger partial charge is 0.281 e. The fourth-order valence-electron chi connectivity index (χ4n) is 2.14. The molecule has 136 valence electrons. The second kappa shape index (κ2) is 9.53. The van der Waals surface area contributed by atoms with Gasteiger partial charge in [-0.3, -0.25) is 14.9 Å². The lowest BCUT2D eigenvalue weighted by atomic mass is 10.2. The van der Waals surface area contributed by atoms with E-state index in [1.165, 1.54) is 18.3 Å². The molecule has 1 N–H and O–H groups in total. The van der Waals surface area contributed by atoms with Gasteiger partial charge in [-0.05, 0) is 30.7 Å². The highest BCUT2D eigenvalue weighted by atomic mass is 35.5. The summed E-state index contributed by atoms with van der Waals surface area (Å²) in [7, 11) is 0. The second-order valence-corrected chi connectivity index (χ2v) is 5.87. The van der Waals surface area contributed by atoms with Crippen LogP contribution in [-0.4, -0.2) is 23.1 Å². The molecular weight excluding hydrogens is 358 g/mol. The van der Waals surface area contributed by atoms with Gasteiger partial charge in [-0.2, -0.15) is 5.10 Å². The summed E-state index contributed by atoms with van der Waals surface area (Å²) in [5.74, 6) is 0.133. The molecule has 7 nitrogen and oxygen atoms in total. The normalized spacial score (nSPS) is 11.9. The van der Waals surface area contributed by atoms with Crippen LogP contribution < -0.4 is 10.2 Å². The maximum absolute atomic E-state index is 12.3. The van der Waals surface area contributed by atoms with Crippen LogP contribution in [0.2, 0.25) is 5.02 Å². The number of hydrazone groups is 1. The summed E-state index contributed by atoms with van der Waals surface area (Å²) in [6, 6.07) is 12.7. The molecule has 0 spiro atoms. The van der Waals surface area contributed by atoms with E-state index >= 15 is 0 Å². The number of nitro benzene ring substituents is 1. The molecule has 0 unspecified atom stereocenters. The molecule has 0 saturated carbocycles. The third-order valence-electron chi connectivity index (χ3n) is 3.40. The van der Waals surface area contributed by atoms with Crippen LogP contribution in [0.5, 0.6) is 5.75 Å².